The van der Waals surface area contributed by atoms with Crippen molar-refractivity contribution in [1.29, 1.82) is 0 Å². The van der Waals surface area contributed by atoms with Crippen LogP contribution in [0.4, 0.5) is 27.6 Å². The zero-order valence-electron chi connectivity index (χ0n) is 16.1. The number of aromatic amines is 1. The van der Waals surface area contributed by atoms with Crippen LogP contribution in [0.1, 0.15) is 15.9 Å². The van der Waals surface area contributed by atoms with E-state index in [0.717, 1.165) is 0 Å². The first kappa shape index (κ1) is 22.9. The third-order valence-corrected chi connectivity index (χ3v) is 5.76. The minimum absolute atomic E-state index is 0.153. The summed E-state index contributed by atoms with van der Waals surface area (Å²) in [4.78, 5) is 19.9. The molecule has 12 heteroatoms. The number of alkyl halides is 3. The Morgan fingerprint density at radius 1 is 1.06 bits per heavy atom. The Labute approximate surface area is 190 Å². The summed E-state index contributed by atoms with van der Waals surface area (Å²) in [7, 11) is -3.66. The topological polar surface area (TPSA) is 74.8 Å². The van der Waals surface area contributed by atoms with Crippen LogP contribution in [-0.2, 0) is 11.0 Å². The molecule has 2 N–H and O–H groups in total. The van der Waals surface area contributed by atoms with Gasteiger partial charge in [0.1, 0.15) is 11.5 Å². The zero-order chi connectivity index (χ0) is 23.9. The molecule has 0 aliphatic rings. The Hall–Kier alpha value is -3.31. The van der Waals surface area contributed by atoms with Crippen LogP contribution in [0, 0.1) is 11.6 Å². The number of ketones is 1. The van der Waals surface area contributed by atoms with Crippen LogP contribution >= 0.6 is 11.6 Å². The highest BCUT2D eigenvalue weighted by atomic mass is 35.5. The van der Waals surface area contributed by atoms with E-state index in [-0.39, 0.29) is 16.6 Å². The van der Waals surface area contributed by atoms with Gasteiger partial charge < -0.3 is 4.98 Å². The predicted molar refractivity (Wildman–Crippen MR) is 114 cm³/mol. The third-order valence-electron chi connectivity index (χ3n) is 4.68. The van der Waals surface area contributed by atoms with Crippen LogP contribution in [-0.4, -0.2) is 25.5 Å². The maximum atomic E-state index is 14.8. The van der Waals surface area contributed by atoms with E-state index in [2.05, 4.69) is 9.97 Å². The molecule has 0 aliphatic carbocycles. The van der Waals surface area contributed by atoms with Gasteiger partial charge in [-0.15, -0.1) is 0 Å². The van der Waals surface area contributed by atoms with Gasteiger partial charge in [-0.25, -0.2) is 18.0 Å². The minimum atomic E-state index is -5.19. The summed E-state index contributed by atoms with van der Waals surface area (Å²) in [6.45, 7) is 0. The smallest absolute Gasteiger partial charge is 0.345 e. The predicted octanol–water partition coefficient (Wildman–Crippen LogP) is 5.99. The lowest BCUT2D eigenvalue weighted by Gasteiger charge is -2.12. The van der Waals surface area contributed by atoms with Gasteiger partial charge in [0.05, 0.1) is 11.3 Å². The van der Waals surface area contributed by atoms with Crippen molar-refractivity contribution in [3.8, 4) is 11.1 Å². The van der Waals surface area contributed by atoms with Crippen LogP contribution < -0.4 is 4.72 Å². The number of carbonyl (C=O) groups excluding carboxylic acids is 1. The molecule has 33 heavy (non-hydrogen) atoms. The molecule has 0 radical (unpaired) electrons. The normalized spacial score (nSPS) is 12.7. The Morgan fingerprint density at radius 2 is 1.76 bits per heavy atom. The number of carbonyl (C=O) groups is 1. The molecule has 0 amide bonds. The van der Waals surface area contributed by atoms with E-state index in [0.29, 0.717) is 28.3 Å². The van der Waals surface area contributed by atoms with E-state index < -0.39 is 45.2 Å². The van der Waals surface area contributed by atoms with Gasteiger partial charge in [-0.2, -0.15) is 13.2 Å². The molecular formula is C21H11ClF5N3O2S. The lowest BCUT2D eigenvalue weighted by atomic mass is 10.00. The minimum Gasteiger partial charge on any atom is -0.345 e. The molecule has 2 aromatic heterocycles. The van der Waals surface area contributed by atoms with E-state index in [1.165, 1.54) is 17.1 Å². The van der Waals surface area contributed by atoms with Gasteiger partial charge in [-0.3, -0.25) is 9.52 Å². The first-order chi connectivity index (χ1) is 15.6. The Morgan fingerprint density at radius 3 is 2.42 bits per heavy atom. The molecule has 4 rings (SSSR count). The number of nitrogens with one attached hydrogen (secondary N) is 2. The number of halogens is 6. The molecule has 1 atom stereocenters. The number of hydrogen-bond donors (Lipinski definition) is 2. The standard InChI is InChI=1S/C21H11ClF5N3O2S/c22-12-3-1-10(2-4-12)11-7-13-14(9-29-20(13)28-8-11)19(31)17-15(23)5-6-16(18(17)24)30-33(32)21(25,26)27/h1-9,30H,(H,28,29). The van der Waals surface area contributed by atoms with Gasteiger partial charge in [0.2, 0.25) is 16.8 Å². The highest BCUT2D eigenvalue weighted by molar-refractivity contribution is 7.87. The van der Waals surface area contributed by atoms with Crippen LogP contribution in [0.3, 0.4) is 0 Å². The Bertz CT molecular complexity index is 1400. The van der Waals surface area contributed by atoms with Crippen molar-refractivity contribution in [2.24, 2.45) is 0 Å². The number of benzene rings is 2. The number of H-pyrrole nitrogens is 1. The second-order valence-electron chi connectivity index (χ2n) is 6.76. The Balaban J connectivity index is 1.77. The van der Waals surface area contributed by atoms with Crippen molar-refractivity contribution in [1.82, 2.24) is 9.97 Å². The third kappa shape index (κ3) is 4.46. The molecule has 2 aromatic carbocycles. The maximum Gasteiger partial charge on any atom is 0.490 e. The number of pyridine rings is 1. The number of anilines is 1. The molecular weight excluding hydrogens is 489 g/mol. The average molecular weight is 500 g/mol. The maximum absolute atomic E-state index is 14.8. The SMILES string of the molecule is O=C(c1c(F)ccc(NS(=O)C(F)(F)F)c1F)c1c[nH]c2ncc(-c3ccc(Cl)cc3)cc12. The molecule has 0 fully saturated rings. The first-order valence-electron chi connectivity index (χ1n) is 9.07. The van der Waals surface area contributed by atoms with Crippen molar-refractivity contribution in [3.63, 3.8) is 0 Å². The van der Waals surface area contributed by atoms with Gasteiger partial charge in [-0.1, -0.05) is 23.7 Å². The number of rotatable bonds is 5. The summed E-state index contributed by atoms with van der Waals surface area (Å²) in [6, 6.07) is 9.55. The summed E-state index contributed by atoms with van der Waals surface area (Å²) in [5, 5.41) is 0.750. The second-order valence-corrected chi connectivity index (χ2v) is 8.40. The van der Waals surface area contributed by atoms with Crippen molar-refractivity contribution in [2.75, 3.05) is 4.72 Å². The lowest BCUT2D eigenvalue weighted by molar-refractivity contribution is -0.0379. The van der Waals surface area contributed by atoms with Crippen LogP contribution in [0.2, 0.25) is 5.02 Å². The van der Waals surface area contributed by atoms with Crippen LogP contribution in [0.25, 0.3) is 22.2 Å². The van der Waals surface area contributed by atoms with Crippen LogP contribution in [0.5, 0.6) is 0 Å². The fraction of sp³-hybridized carbons (Fsp3) is 0.0476. The van der Waals surface area contributed by atoms with E-state index in [1.54, 1.807) is 30.3 Å². The summed E-state index contributed by atoms with van der Waals surface area (Å²) in [5.41, 5.74) is -5.82. The fourth-order valence-electron chi connectivity index (χ4n) is 3.12. The Kier molecular flexibility index (Phi) is 5.93. The van der Waals surface area contributed by atoms with E-state index in [9.17, 15) is 31.0 Å². The highest BCUT2D eigenvalue weighted by Gasteiger charge is 2.38. The number of nitrogens with zero attached hydrogens (tertiary/aromatic N) is 1. The molecule has 0 spiro atoms. The van der Waals surface area contributed by atoms with Crippen molar-refractivity contribution in [3.05, 3.63) is 82.6 Å². The molecule has 0 saturated carbocycles. The van der Waals surface area contributed by atoms with Gasteiger partial charge in [-0.05, 0) is 35.9 Å². The number of aromatic nitrogens is 2. The van der Waals surface area contributed by atoms with Crippen molar-refractivity contribution >= 4 is 45.1 Å². The van der Waals surface area contributed by atoms with Crippen molar-refractivity contribution < 1.29 is 31.0 Å². The number of hydrogen-bond acceptors (Lipinski definition) is 3. The van der Waals surface area contributed by atoms with E-state index in [1.807, 2.05) is 0 Å². The monoisotopic (exact) mass is 499 g/mol. The fourth-order valence-corrected chi connectivity index (χ4v) is 3.72. The summed E-state index contributed by atoms with van der Waals surface area (Å²) in [6.07, 6.45) is 2.72. The van der Waals surface area contributed by atoms with Gasteiger partial charge in [0.15, 0.2) is 5.82 Å². The van der Waals surface area contributed by atoms with Gasteiger partial charge in [0.25, 0.3) is 0 Å². The summed E-state index contributed by atoms with van der Waals surface area (Å²) in [5.74, 6) is -4.03. The van der Waals surface area contributed by atoms with E-state index >= 15 is 0 Å². The number of fused-ring (bicyclic) bond motifs is 1. The molecule has 0 saturated heterocycles. The summed E-state index contributed by atoms with van der Waals surface area (Å²) < 4.78 is 79.6. The van der Waals surface area contributed by atoms with Gasteiger partial charge >= 0.3 is 5.51 Å². The first-order valence-corrected chi connectivity index (χ1v) is 10.6. The molecule has 5 nitrogen and oxygen atoms in total. The van der Waals surface area contributed by atoms with Crippen LogP contribution in [0.15, 0.2) is 54.9 Å². The molecule has 0 bridgehead atoms. The zero-order valence-corrected chi connectivity index (χ0v) is 17.7. The summed E-state index contributed by atoms with van der Waals surface area (Å²) >= 11 is 5.89. The second kappa shape index (κ2) is 8.56. The quantitative estimate of drug-likeness (QED) is 0.262. The van der Waals surface area contributed by atoms with Crippen molar-refractivity contribution in [2.45, 2.75) is 5.51 Å². The average Bonchev–Trinajstić information content (AvgIpc) is 3.18. The highest BCUT2D eigenvalue weighted by Crippen LogP contribution is 2.31. The van der Waals surface area contributed by atoms with E-state index in [4.69, 9.17) is 11.6 Å². The molecule has 170 valence electrons. The molecule has 0 aliphatic heterocycles. The molecule has 4 aromatic rings. The molecule has 1 unspecified atom stereocenters. The molecule has 2 heterocycles. The van der Waals surface area contributed by atoms with Gasteiger partial charge in [0, 0.05) is 33.9 Å². The largest absolute Gasteiger partial charge is 0.490 e. The lowest BCUT2D eigenvalue weighted by Crippen LogP contribution is -2.24.